The third-order valence-electron chi connectivity index (χ3n) is 3.91. The molecule has 0 aliphatic carbocycles. The minimum Gasteiger partial charge on any atom is -0.508 e. The number of phenolic OH excluding ortho intramolecular Hbond substituents is 1. The Labute approximate surface area is 157 Å². The van der Waals surface area contributed by atoms with Crippen molar-refractivity contribution in [2.75, 3.05) is 18.4 Å². The summed E-state index contributed by atoms with van der Waals surface area (Å²) in [6.07, 6.45) is 9.78. The van der Waals surface area contributed by atoms with Crippen LogP contribution < -0.4 is 10.6 Å². The van der Waals surface area contributed by atoms with E-state index < -0.39 is 0 Å². The van der Waals surface area contributed by atoms with Crippen LogP contribution in [-0.4, -0.2) is 28.2 Å². The minimum atomic E-state index is 0.169. The lowest BCUT2D eigenvalue weighted by atomic mass is 10.1. The lowest BCUT2D eigenvalue weighted by molar-refractivity contribution is 0.475. The van der Waals surface area contributed by atoms with Crippen LogP contribution in [-0.2, 0) is 0 Å². The molecule has 6 heteroatoms. The highest BCUT2D eigenvalue weighted by molar-refractivity contribution is 6.36. The summed E-state index contributed by atoms with van der Waals surface area (Å²) in [5, 5.41) is 16.9. The fourth-order valence-electron chi connectivity index (χ4n) is 2.58. The van der Waals surface area contributed by atoms with Crippen LogP contribution in [0.15, 0.2) is 42.6 Å². The van der Waals surface area contributed by atoms with Crippen LogP contribution in [0, 0.1) is 12.3 Å². The van der Waals surface area contributed by atoms with Crippen molar-refractivity contribution in [3.63, 3.8) is 0 Å². The van der Waals surface area contributed by atoms with Crippen molar-refractivity contribution in [1.82, 2.24) is 15.3 Å². The number of nitrogens with one attached hydrogen (secondary N) is 2. The van der Waals surface area contributed by atoms with E-state index in [4.69, 9.17) is 18.0 Å². The third-order valence-corrected chi connectivity index (χ3v) is 4.32. The molecule has 0 bridgehead atoms. The molecule has 0 saturated carbocycles. The molecule has 1 aliphatic heterocycles. The highest BCUT2D eigenvalue weighted by Gasteiger charge is 2.07. The number of halogens is 1. The molecule has 132 valence electrons. The number of aromatic hydroxyl groups is 1. The Balaban J connectivity index is 0.000000339. The first-order valence-corrected chi connectivity index (χ1v) is 8.74. The quantitative estimate of drug-likeness (QED) is 0.596. The minimum absolute atomic E-state index is 0.169. The van der Waals surface area contributed by atoms with Crippen molar-refractivity contribution in [2.24, 2.45) is 0 Å². The molecule has 0 radical (unpaired) electrons. The first-order valence-electron chi connectivity index (χ1n) is 8.36. The Kier molecular flexibility index (Phi) is 5.90. The molecular formula is C20H19ClN4O. The summed E-state index contributed by atoms with van der Waals surface area (Å²) in [6, 6.07) is 10.3. The molecule has 1 saturated heterocycles. The van der Waals surface area contributed by atoms with Crippen LogP contribution in [0.3, 0.4) is 0 Å². The first kappa shape index (κ1) is 18.0. The van der Waals surface area contributed by atoms with E-state index in [1.165, 1.54) is 25.9 Å². The van der Waals surface area contributed by atoms with Crippen molar-refractivity contribution < 1.29 is 5.11 Å². The monoisotopic (exact) mass is 366 g/mol. The molecule has 4 rings (SSSR count). The zero-order valence-electron chi connectivity index (χ0n) is 14.2. The van der Waals surface area contributed by atoms with Crippen LogP contribution in [0.1, 0.15) is 18.4 Å². The number of fused-ring (bicyclic) bond motifs is 1. The van der Waals surface area contributed by atoms with Crippen LogP contribution >= 0.6 is 11.6 Å². The van der Waals surface area contributed by atoms with E-state index >= 15 is 0 Å². The van der Waals surface area contributed by atoms with Gasteiger partial charge in [-0.05, 0) is 50.2 Å². The maximum atomic E-state index is 9.44. The van der Waals surface area contributed by atoms with Crippen LogP contribution in [0.5, 0.6) is 5.75 Å². The van der Waals surface area contributed by atoms with Crippen molar-refractivity contribution >= 4 is 34.1 Å². The summed E-state index contributed by atoms with van der Waals surface area (Å²) in [4.78, 5) is 8.59. The number of terminal acetylenes is 1. The van der Waals surface area contributed by atoms with Gasteiger partial charge >= 0.3 is 0 Å². The zero-order chi connectivity index (χ0) is 18.4. The van der Waals surface area contributed by atoms with Gasteiger partial charge in [-0.2, -0.15) is 0 Å². The molecule has 1 aliphatic rings. The van der Waals surface area contributed by atoms with Gasteiger partial charge in [0.1, 0.15) is 5.75 Å². The Morgan fingerprint density at radius 1 is 1.19 bits per heavy atom. The fraction of sp³-hybridized carbons (Fsp3) is 0.200. The molecule has 5 nitrogen and oxygen atoms in total. The average Bonchev–Trinajstić information content (AvgIpc) is 3.22. The summed E-state index contributed by atoms with van der Waals surface area (Å²) < 4.78 is 0. The molecule has 0 spiro atoms. The number of rotatable bonds is 2. The lowest BCUT2D eigenvalue weighted by Crippen LogP contribution is -2.03. The second kappa shape index (κ2) is 8.52. The Bertz CT molecular complexity index is 941. The van der Waals surface area contributed by atoms with Crippen molar-refractivity contribution in [3.8, 4) is 18.1 Å². The van der Waals surface area contributed by atoms with Gasteiger partial charge in [0.05, 0.1) is 10.5 Å². The third kappa shape index (κ3) is 4.42. The van der Waals surface area contributed by atoms with E-state index in [-0.39, 0.29) is 5.75 Å². The van der Waals surface area contributed by atoms with E-state index in [9.17, 15) is 5.11 Å². The standard InChI is InChI=1S/C16H10ClN3O.C4H9N/c1-2-10-6-7-14-13(15(10)17)9-18-16(20-14)19-11-4-3-5-12(21)8-11;1-2-4-5-3-1/h1,3-9,21H,(H,18,19,20);5H,1-4H2. The summed E-state index contributed by atoms with van der Waals surface area (Å²) in [6.45, 7) is 2.50. The topological polar surface area (TPSA) is 70.1 Å². The SMILES string of the molecule is C#Cc1ccc2nc(Nc3cccc(O)c3)ncc2c1Cl.C1CCNC1. The fourth-order valence-corrected chi connectivity index (χ4v) is 2.84. The first-order chi connectivity index (χ1) is 12.7. The Morgan fingerprint density at radius 3 is 2.65 bits per heavy atom. The van der Waals surface area contributed by atoms with E-state index in [0.717, 1.165) is 0 Å². The van der Waals surface area contributed by atoms with Gasteiger partial charge in [0.15, 0.2) is 0 Å². The maximum absolute atomic E-state index is 9.44. The largest absolute Gasteiger partial charge is 0.508 e. The van der Waals surface area contributed by atoms with Gasteiger partial charge in [0.2, 0.25) is 5.95 Å². The second-order valence-corrected chi connectivity index (χ2v) is 6.21. The van der Waals surface area contributed by atoms with Gasteiger partial charge in [-0.15, -0.1) is 6.42 Å². The van der Waals surface area contributed by atoms with Gasteiger partial charge in [-0.3, -0.25) is 0 Å². The van der Waals surface area contributed by atoms with Crippen molar-refractivity contribution in [1.29, 1.82) is 0 Å². The Hall–Kier alpha value is -2.81. The molecule has 2 aromatic carbocycles. The normalized spacial score (nSPS) is 12.9. The number of aromatic nitrogens is 2. The number of hydrogen-bond donors (Lipinski definition) is 3. The molecule has 2 heterocycles. The highest BCUT2D eigenvalue weighted by atomic mass is 35.5. The van der Waals surface area contributed by atoms with Crippen molar-refractivity contribution in [3.05, 3.63) is 53.2 Å². The Morgan fingerprint density at radius 2 is 2.00 bits per heavy atom. The van der Waals surface area contributed by atoms with Gasteiger partial charge in [-0.1, -0.05) is 23.6 Å². The molecule has 3 aromatic rings. The number of nitrogens with zero attached hydrogens (tertiary/aromatic N) is 2. The van der Waals surface area contributed by atoms with E-state index in [0.29, 0.717) is 33.1 Å². The van der Waals surface area contributed by atoms with Gasteiger partial charge in [0, 0.05) is 28.9 Å². The van der Waals surface area contributed by atoms with E-state index in [2.05, 4.69) is 26.5 Å². The predicted octanol–water partition coefficient (Wildman–Crippen LogP) is 4.08. The molecule has 1 aromatic heterocycles. The predicted molar refractivity (Wildman–Crippen MR) is 106 cm³/mol. The van der Waals surface area contributed by atoms with Crippen LogP contribution in [0.25, 0.3) is 10.9 Å². The second-order valence-electron chi connectivity index (χ2n) is 5.83. The molecule has 26 heavy (non-hydrogen) atoms. The molecule has 1 fully saturated rings. The molecule has 0 amide bonds. The summed E-state index contributed by atoms with van der Waals surface area (Å²) >= 11 is 6.20. The average molecular weight is 367 g/mol. The summed E-state index contributed by atoms with van der Waals surface area (Å²) in [5.41, 5.74) is 2.00. The molecular weight excluding hydrogens is 348 g/mol. The molecule has 3 N–H and O–H groups in total. The molecule has 0 unspecified atom stereocenters. The molecule has 0 atom stereocenters. The smallest absolute Gasteiger partial charge is 0.227 e. The highest BCUT2D eigenvalue weighted by Crippen LogP contribution is 2.26. The van der Waals surface area contributed by atoms with Crippen molar-refractivity contribution in [2.45, 2.75) is 12.8 Å². The number of hydrogen-bond acceptors (Lipinski definition) is 5. The van der Waals surface area contributed by atoms with E-state index in [1.54, 1.807) is 36.5 Å². The van der Waals surface area contributed by atoms with Gasteiger partial charge < -0.3 is 15.7 Å². The van der Waals surface area contributed by atoms with Gasteiger partial charge in [-0.25, -0.2) is 9.97 Å². The zero-order valence-corrected chi connectivity index (χ0v) is 14.9. The summed E-state index contributed by atoms with van der Waals surface area (Å²) in [7, 11) is 0. The lowest BCUT2D eigenvalue weighted by Gasteiger charge is -2.07. The van der Waals surface area contributed by atoms with Gasteiger partial charge in [0.25, 0.3) is 0 Å². The number of anilines is 2. The van der Waals surface area contributed by atoms with Crippen LogP contribution in [0.4, 0.5) is 11.6 Å². The maximum Gasteiger partial charge on any atom is 0.227 e. The number of phenols is 1. The summed E-state index contributed by atoms with van der Waals surface area (Å²) in [5.74, 6) is 3.10. The number of benzene rings is 2. The van der Waals surface area contributed by atoms with Crippen LogP contribution in [0.2, 0.25) is 5.02 Å². The van der Waals surface area contributed by atoms with E-state index in [1.807, 2.05) is 6.07 Å².